The summed E-state index contributed by atoms with van der Waals surface area (Å²) in [4.78, 5) is 24.2. The van der Waals surface area contributed by atoms with Crippen molar-refractivity contribution < 1.29 is 35.9 Å². The first kappa shape index (κ1) is 18.8. The first-order valence-corrected chi connectivity index (χ1v) is 7.00. The van der Waals surface area contributed by atoms with E-state index >= 15 is 0 Å². The Morgan fingerprint density at radius 2 is 1.60 bits per heavy atom. The Balaban J connectivity index is 2.28. The second-order valence-corrected chi connectivity index (χ2v) is 5.28. The van der Waals surface area contributed by atoms with Crippen molar-refractivity contribution in [3.63, 3.8) is 0 Å². The zero-order valence-corrected chi connectivity index (χ0v) is 12.5. The number of hydrogen-bond acceptors (Lipinski definition) is 2. The van der Waals surface area contributed by atoms with Crippen LogP contribution >= 0.6 is 0 Å². The van der Waals surface area contributed by atoms with E-state index in [0.717, 1.165) is 17.1 Å². The molecule has 0 radical (unpaired) electrons. The number of nitrogens with zero attached hydrogens (tertiary/aromatic N) is 1. The molecule has 2 amide bonds. The van der Waals surface area contributed by atoms with Crippen molar-refractivity contribution in [1.82, 2.24) is 10.2 Å². The number of halogens is 6. The lowest BCUT2D eigenvalue weighted by molar-refractivity contribution is -0.143. The number of benzene rings is 1. The highest BCUT2D eigenvalue weighted by Crippen LogP contribution is 2.36. The smallest absolute Gasteiger partial charge is 0.353 e. The van der Waals surface area contributed by atoms with E-state index in [-0.39, 0.29) is 25.7 Å². The molecule has 10 heteroatoms. The molecule has 0 unspecified atom stereocenters. The average molecular weight is 366 g/mol. The van der Waals surface area contributed by atoms with Gasteiger partial charge in [-0.05, 0) is 29.8 Å². The fraction of sp³-hybridized carbons (Fsp3) is 0.333. The van der Waals surface area contributed by atoms with Gasteiger partial charge in [-0.25, -0.2) is 0 Å². The number of piperazine rings is 1. The van der Waals surface area contributed by atoms with Gasteiger partial charge < -0.3 is 10.2 Å². The fourth-order valence-corrected chi connectivity index (χ4v) is 2.17. The molecule has 1 aromatic carbocycles. The summed E-state index contributed by atoms with van der Waals surface area (Å²) in [5, 5.41) is 2.48. The van der Waals surface area contributed by atoms with Gasteiger partial charge >= 0.3 is 12.4 Å². The summed E-state index contributed by atoms with van der Waals surface area (Å²) in [5.41, 5.74) is -3.35. The van der Waals surface area contributed by atoms with Crippen molar-refractivity contribution >= 4 is 17.9 Å². The minimum atomic E-state index is -4.96. The number of alkyl halides is 6. The van der Waals surface area contributed by atoms with Crippen LogP contribution in [-0.2, 0) is 21.9 Å². The monoisotopic (exact) mass is 366 g/mol. The third-order valence-corrected chi connectivity index (χ3v) is 3.38. The van der Waals surface area contributed by atoms with E-state index in [0.29, 0.717) is 12.1 Å². The fourth-order valence-electron chi connectivity index (χ4n) is 2.17. The van der Waals surface area contributed by atoms with Crippen LogP contribution in [0.3, 0.4) is 0 Å². The number of hydrogen-bond donors (Lipinski definition) is 1. The summed E-state index contributed by atoms with van der Waals surface area (Å²) >= 11 is 0. The lowest BCUT2D eigenvalue weighted by atomic mass is 10.0. The van der Waals surface area contributed by atoms with E-state index in [4.69, 9.17) is 0 Å². The third-order valence-electron chi connectivity index (χ3n) is 3.38. The molecule has 25 heavy (non-hydrogen) atoms. The van der Waals surface area contributed by atoms with E-state index in [1.165, 1.54) is 0 Å². The Kier molecular flexibility index (Phi) is 5.09. The second-order valence-electron chi connectivity index (χ2n) is 5.28. The molecule has 1 fully saturated rings. The first-order valence-electron chi connectivity index (χ1n) is 7.00. The van der Waals surface area contributed by atoms with Gasteiger partial charge in [0.05, 0.1) is 17.7 Å². The Morgan fingerprint density at radius 1 is 1.04 bits per heavy atom. The highest BCUT2D eigenvalue weighted by Gasteiger charge is 2.36. The van der Waals surface area contributed by atoms with Crippen LogP contribution in [0, 0.1) is 0 Å². The molecule has 136 valence electrons. The van der Waals surface area contributed by atoms with Crippen LogP contribution in [0.4, 0.5) is 26.3 Å². The van der Waals surface area contributed by atoms with Gasteiger partial charge in [0.2, 0.25) is 11.8 Å². The number of nitrogens with one attached hydrogen (secondary N) is 1. The van der Waals surface area contributed by atoms with Crippen LogP contribution < -0.4 is 5.32 Å². The normalized spacial score (nSPS) is 16.2. The molecule has 1 N–H and O–H groups in total. The maximum atomic E-state index is 12.8. The van der Waals surface area contributed by atoms with E-state index < -0.39 is 40.9 Å². The van der Waals surface area contributed by atoms with E-state index in [1.807, 2.05) is 0 Å². The van der Waals surface area contributed by atoms with E-state index in [9.17, 15) is 35.9 Å². The van der Waals surface area contributed by atoms with Crippen molar-refractivity contribution in [2.45, 2.75) is 12.4 Å². The van der Waals surface area contributed by atoms with Crippen LogP contribution in [0.25, 0.3) is 6.08 Å². The van der Waals surface area contributed by atoms with Crippen LogP contribution in [-0.4, -0.2) is 36.3 Å². The van der Waals surface area contributed by atoms with Crippen LogP contribution in [0.1, 0.15) is 16.7 Å². The molecule has 0 aliphatic carbocycles. The molecule has 0 saturated carbocycles. The SMILES string of the molecule is O=C1CN(C(=O)C=Cc2cc(C(F)(F)F)cc(C(F)(F)F)c2)CCN1. The van der Waals surface area contributed by atoms with Gasteiger partial charge in [-0.3, -0.25) is 9.59 Å². The number of amides is 2. The summed E-state index contributed by atoms with van der Waals surface area (Å²) in [6, 6.07) is 1.04. The van der Waals surface area contributed by atoms with Gasteiger partial charge in [0, 0.05) is 19.2 Å². The maximum Gasteiger partial charge on any atom is 0.416 e. The predicted octanol–water partition coefficient (Wildman–Crippen LogP) is 2.70. The molecule has 1 heterocycles. The summed E-state index contributed by atoms with van der Waals surface area (Å²) < 4.78 is 76.5. The molecule has 4 nitrogen and oxygen atoms in total. The highest BCUT2D eigenvalue weighted by atomic mass is 19.4. The summed E-state index contributed by atoms with van der Waals surface area (Å²) in [5.74, 6) is -1.08. The average Bonchev–Trinajstić information content (AvgIpc) is 2.50. The molecule has 0 bridgehead atoms. The van der Waals surface area contributed by atoms with Crippen molar-refractivity contribution in [2.24, 2.45) is 0 Å². The summed E-state index contributed by atoms with van der Waals surface area (Å²) in [6.45, 7) is 0.199. The van der Waals surface area contributed by atoms with Gasteiger partial charge in [-0.1, -0.05) is 0 Å². The molecular weight excluding hydrogens is 354 g/mol. The molecular formula is C15H12F6N2O2. The molecule has 1 aromatic rings. The molecule has 2 rings (SSSR count). The highest BCUT2D eigenvalue weighted by molar-refractivity contribution is 5.95. The Hall–Kier alpha value is -2.52. The number of carbonyl (C=O) groups excluding carboxylic acids is 2. The summed E-state index contributed by atoms with van der Waals surface area (Å²) in [6.07, 6.45) is -8.22. The van der Waals surface area contributed by atoms with Gasteiger partial charge in [0.15, 0.2) is 0 Å². The van der Waals surface area contributed by atoms with E-state index in [1.54, 1.807) is 0 Å². The van der Waals surface area contributed by atoms with Crippen molar-refractivity contribution in [2.75, 3.05) is 19.6 Å². The second kappa shape index (κ2) is 6.77. The Morgan fingerprint density at radius 3 is 2.08 bits per heavy atom. The van der Waals surface area contributed by atoms with Gasteiger partial charge in [0.25, 0.3) is 0 Å². The lowest BCUT2D eigenvalue weighted by Crippen LogP contribution is -2.49. The summed E-state index contributed by atoms with van der Waals surface area (Å²) in [7, 11) is 0. The van der Waals surface area contributed by atoms with Crippen molar-refractivity contribution in [3.8, 4) is 0 Å². The van der Waals surface area contributed by atoms with E-state index in [2.05, 4.69) is 5.32 Å². The zero-order valence-electron chi connectivity index (χ0n) is 12.5. The van der Waals surface area contributed by atoms with Crippen molar-refractivity contribution in [3.05, 3.63) is 41.0 Å². The minimum absolute atomic E-state index is 0.00807. The predicted molar refractivity (Wildman–Crippen MR) is 75.1 cm³/mol. The van der Waals surface area contributed by atoms with Crippen LogP contribution in [0.15, 0.2) is 24.3 Å². The molecule has 0 aromatic heterocycles. The first-order chi connectivity index (χ1) is 11.5. The largest absolute Gasteiger partial charge is 0.416 e. The molecule has 1 aliphatic rings. The standard InChI is InChI=1S/C15H12F6N2O2/c16-14(17,18)10-5-9(6-11(7-10)15(19,20)21)1-2-13(25)23-4-3-22-12(24)8-23/h1-2,5-7H,3-4,8H2,(H,22,24). The molecule has 1 saturated heterocycles. The van der Waals surface area contributed by atoms with Crippen molar-refractivity contribution in [1.29, 1.82) is 0 Å². The number of carbonyl (C=O) groups is 2. The van der Waals surface area contributed by atoms with Gasteiger partial charge in [-0.2, -0.15) is 26.3 Å². The topological polar surface area (TPSA) is 49.4 Å². The lowest BCUT2D eigenvalue weighted by Gasteiger charge is -2.25. The Bertz CT molecular complexity index is 677. The van der Waals surface area contributed by atoms with Gasteiger partial charge in [-0.15, -0.1) is 0 Å². The quantitative estimate of drug-likeness (QED) is 0.646. The van der Waals surface area contributed by atoms with Crippen LogP contribution in [0.5, 0.6) is 0 Å². The molecule has 0 atom stereocenters. The Labute approximate surface area is 138 Å². The maximum absolute atomic E-state index is 12.8. The minimum Gasteiger partial charge on any atom is -0.353 e. The molecule has 0 spiro atoms. The van der Waals surface area contributed by atoms with Crippen LogP contribution in [0.2, 0.25) is 0 Å². The van der Waals surface area contributed by atoms with Gasteiger partial charge in [0.1, 0.15) is 0 Å². The third kappa shape index (κ3) is 4.97. The number of rotatable bonds is 2. The zero-order chi connectivity index (χ0) is 18.8. The molecule has 1 aliphatic heterocycles.